The zero-order chi connectivity index (χ0) is 10.9. The summed E-state index contributed by atoms with van der Waals surface area (Å²) in [7, 11) is 2.43. The quantitative estimate of drug-likeness (QED) is 0.392. The number of carbonyl (C=O) groups excluding carboxylic acids is 2. The molecule has 0 atom stereocenters. The van der Waals surface area contributed by atoms with Gasteiger partial charge in [0.25, 0.3) is 0 Å². The topological polar surface area (TPSA) is 52.6 Å². The van der Waals surface area contributed by atoms with E-state index in [9.17, 15) is 9.59 Å². The lowest BCUT2D eigenvalue weighted by Gasteiger charge is -1.95. The van der Waals surface area contributed by atoms with E-state index in [2.05, 4.69) is 9.47 Å². The maximum Gasteiger partial charge on any atom is 0.316 e. The van der Waals surface area contributed by atoms with Gasteiger partial charge in [-0.2, -0.15) is 0 Å². The second-order valence-corrected chi connectivity index (χ2v) is 3.22. The number of halogens is 1. The first kappa shape index (κ1) is 14.7. The molecular formula is C8H15ClO4. The second kappa shape index (κ2) is 9.32. The Hall–Kier alpha value is -0.770. The fraction of sp³-hybridized carbons (Fsp3) is 0.750. The van der Waals surface area contributed by atoms with Crippen molar-refractivity contribution in [1.29, 1.82) is 0 Å². The van der Waals surface area contributed by atoms with Gasteiger partial charge in [0.1, 0.15) is 6.42 Å². The highest BCUT2D eigenvalue weighted by Crippen LogP contribution is 1.85. The predicted octanol–water partition coefficient (Wildman–Crippen LogP) is 1.36. The lowest BCUT2D eigenvalue weighted by atomic mass is 10.4. The normalized spacial score (nSPS) is 8.46. The Morgan fingerprint density at radius 3 is 1.54 bits per heavy atom. The van der Waals surface area contributed by atoms with Crippen molar-refractivity contribution in [3.63, 3.8) is 0 Å². The Bertz CT molecular complexity index is 139. The summed E-state index contributed by atoms with van der Waals surface area (Å²) < 4.78 is 8.37. The highest BCUT2D eigenvalue weighted by molar-refractivity contribution is 6.20. The van der Waals surface area contributed by atoms with Gasteiger partial charge in [0, 0.05) is 5.38 Å². The van der Waals surface area contributed by atoms with Gasteiger partial charge < -0.3 is 9.47 Å². The van der Waals surface area contributed by atoms with Crippen LogP contribution in [0.25, 0.3) is 0 Å². The van der Waals surface area contributed by atoms with Crippen molar-refractivity contribution in [3.8, 4) is 0 Å². The van der Waals surface area contributed by atoms with Gasteiger partial charge >= 0.3 is 11.9 Å². The van der Waals surface area contributed by atoms with E-state index in [1.807, 2.05) is 13.8 Å². The minimum Gasteiger partial charge on any atom is -0.469 e. The number of hydrogen-bond donors (Lipinski definition) is 0. The smallest absolute Gasteiger partial charge is 0.316 e. The molecule has 0 aromatic heterocycles. The maximum absolute atomic E-state index is 10.3. The van der Waals surface area contributed by atoms with Gasteiger partial charge in [-0.1, -0.05) is 0 Å². The standard InChI is InChI=1S/C5H8O4.C3H7Cl/c1-8-4(6)3-5(7)9-2;1-3(2)4/h3H2,1-2H3;3H,1-2H3. The van der Waals surface area contributed by atoms with Crippen LogP contribution >= 0.6 is 11.6 Å². The molecule has 0 aromatic carbocycles. The third kappa shape index (κ3) is 18.3. The van der Waals surface area contributed by atoms with Gasteiger partial charge in [0.05, 0.1) is 14.2 Å². The average Bonchev–Trinajstić information content (AvgIpc) is 2.03. The van der Waals surface area contributed by atoms with Crippen LogP contribution in [0.1, 0.15) is 20.3 Å². The number of rotatable bonds is 2. The highest BCUT2D eigenvalue weighted by atomic mass is 35.5. The molecule has 0 fully saturated rings. The van der Waals surface area contributed by atoms with Gasteiger partial charge in [0.2, 0.25) is 0 Å². The lowest BCUT2D eigenvalue weighted by Crippen LogP contribution is -2.09. The summed E-state index contributed by atoms with van der Waals surface area (Å²) in [6.07, 6.45) is -0.312. The highest BCUT2D eigenvalue weighted by Gasteiger charge is 2.07. The Labute approximate surface area is 83.2 Å². The van der Waals surface area contributed by atoms with Crippen LogP contribution in [0.15, 0.2) is 0 Å². The summed E-state index contributed by atoms with van der Waals surface area (Å²) in [5, 5.41) is 0.306. The van der Waals surface area contributed by atoms with Crippen molar-refractivity contribution in [2.24, 2.45) is 0 Å². The molecule has 0 rings (SSSR count). The zero-order valence-corrected chi connectivity index (χ0v) is 9.05. The van der Waals surface area contributed by atoms with E-state index in [0.717, 1.165) is 0 Å². The molecule has 0 amide bonds. The molecule has 5 heteroatoms. The van der Waals surface area contributed by atoms with Gasteiger partial charge in [-0.25, -0.2) is 0 Å². The summed E-state index contributed by atoms with van der Waals surface area (Å²) in [6.45, 7) is 3.86. The number of hydrogen-bond acceptors (Lipinski definition) is 4. The summed E-state index contributed by atoms with van der Waals surface area (Å²) in [6, 6.07) is 0. The van der Waals surface area contributed by atoms with Crippen LogP contribution < -0.4 is 0 Å². The van der Waals surface area contributed by atoms with Crippen LogP contribution in [0.2, 0.25) is 0 Å². The first-order chi connectivity index (χ1) is 5.93. The van der Waals surface area contributed by atoms with E-state index < -0.39 is 11.9 Å². The monoisotopic (exact) mass is 210 g/mol. The first-order valence-electron chi connectivity index (χ1n) is 3.71. The SMILES string of the molecule is CC(C)Cl.COC(=O)CC(=O)OC. The van der Waals surface area contributed by atoms with Crippen LogP contribution in [0.5, 0.6) is 0 Å². The van der Waals surface area contributed by atoms with E-state index in [-0.39, 0.29) is 6.42 Å². The average molecular weight is 211 g/mol. The number of alkyl halides is 1. The third-order valence-electron chi connectivity index (χ3n) is 0.744. The van der Waals surface area contributed by atoms with Gasteiger partial charge in [-0.05, 0) is 13.8 Å². The third-order valence-corrected chi connectivity index (χ3v) is 0.744. The number of methoxy groups -OCH3 is 2. The molecule has 0 spiro atoms. The summed E-state index contributed by atoms with van der Waals surface area (Å²) in [5.41, 5.74) is 0. The van der Waals surface area contributed by atoms with Crippen molar-refractivity contribution in [2.45, 2.75) is 25.6 Å². The second-order valence-electron chi connectivity index (χ2n) is 2.34. The van der Waals surface area contributed by atoms with E-state index >= 15 is 0 Å². The Morgan fingerprint density at radius 2 is 1.38 bits per heavy atom. The maximum atomic E-state index is 10.3. The summed E-state index contributed by atoms with van der Waals surface area (Å²) >= 11 is 5.27. The van der Waals surface area contributed by atoms with E-state index in [0.29, 0.717) is 5.38 Å². The molecule has 0 N–H and O–H groups in total. The minimum atomic E-state index is -0.582. The van der Waals surface area contributed by atoms with Crippen molar-refractivity contribution in [2.75, 3.05) is 14.2 Å². The molecule has 0 aliphatic rings. The Morgan fingerprint density at radius 1 is 1.15 bits per heavy atom. The fourth-order valence-electron chi connectivity index (χ4n) is 0.262. The molecule has 0 saturated heterocycles. The van der Waals surface area contributed by atoms with Crippen molar-refractivity contribution in [1.82, 2.24) is 0 Å². The fourth-order valence-corrected chi connectivity index (χ4v) is 0.262. The number of ether oxygens (including phenoxy) is 2. The molecule has 0 heterocycles. The number of esters is 2. The van der Waals surface area contributed by atoms with E-state index in [1.54, 1.807) is 0 Å². The largest absolute Gasteiger partial charge is 0.469 e. The Balaban J connectivity index is 0. The molecular weight excluding hydrogens is 196 g/mol. The zero-order valence-electron chi connectivity index (χ0n) is 8.30. The molecule has 0 aliphatic heterocycles. The predicted molar refractivity (Wildman–Crippen MR) is 49.6 cm³/mol. The van der Waals surface area contributed by atoms with Crippen molar-refractivity contribution >= 4 is 23.5 Å². The van der Waals surface area contributed by atoms with E-state index in [1.165, 1.54) is 14.2 Å². The molecule has 0 saturated carbocycles. The molecule has 0 unspecified atom stereocenters. The van der Waals surface area contributed by atoms with Crippen LogP contribution in [-0.2, 0) is 19.1 Å². The van der Waals surface area contributed by atoms with Gasteiger partial charge in [0.15, 0.2) is 0 Å². The minimum absolute atomic E-state index is 0.306. The summed E-state index contributed by atoms with van der Waals surface area (Å²) in [4.78, 5) is 20.5. The first-order valence-corrected chi connectivity index (χ1v) is 4.15. The van der Waals surface area contributed by atoms with E-state index in [4.69, 9.17) is 11.6 Å². The Kier molecular flexibility index (Phi) is 10.6. The molecule has 78 valence electrons. The van der Waals surface area contributed by atoms with Crippen LogP contribution in [0.4, 0.5) is 0 Å². The molecule has 0 bridgehead atoms. The van der Waals surface area contributed by atoms with Gasteiger partial charge in [-0.15, -0.1) is 11.6 Å². The summed E-state index contributed by atoms with van der Waals surface area (Å²) in [5.74, 6) is -1.16. The molecule has 0 aliphatic carbocycles. The van der Waals surface area contributed by atoms with Crippen molar-refractivity contribution in [3.05, 3.63) is 0 Å². The van der Waals surface area contributed by atoms with Crippen LogP contribution in [-0.4, -0.2) is 31.5 Å². The molecule has 0 radical (unpaired) electrons. The van der Waals surface area contributed by atoms with Crippen LogP contribution in [0, 0.1) is 0 Å². The van der Waals surface area contributed by atoms with Crippen molar-refractivity contribution < 1.29 is 19.1 Å². The van der Waals surface area contributed by atoms with Crippen LogP contribution in [0.3, 0.4) is 0 Å². The number of carbonyl (C=O) groups is 2. The molecule has 4 nitrogen and oxygen atoms in total. The van der Waals surface area contributed by atoms with Gasteiger partial charge in [-0.3, -0.25) is 9.59 Å². The lowest BCUT2D eigenvalue weighted by molar-refractivity contribution is -0.151. The molecule has 13 heavy (non-hydrogen) atoms. The molecule has 0 aromatic rings.